The van der Waals surface area contributed by atoms with Crippen LogP contribution in [0.1, 0.15) is 53.9 Å². The van der Waals surface area contributed by atoms with Crippen LogP contribution in [-0.2, 0) is 15.9 Å². The number of aryl methyl sites for hydroxylation is 1. The number of carbonyl (C=O) groups is 1. The molecule has 5 nitrogen and oxygen atoms in total. The van der Waals surface area contributed by atoms with E-state index in [1.54, 1.807) is 12.1 Å². The molecule has 0 saturated carbocycles. The minimum atomic E-state index is -0.707. The molecule has 204 valence electrons. The topological polar surface area (TPSA) is 67.8 Å². The fourth-order valence-corrected chi connectivity index (χ4v) is 4.93. The SMILES string of the molecule is COC(=O)c1ccc(-c2ccccc2[C@@H](C)OC[C@@H](O)CNC(C)(C)Cc2ccc(SC)c(F)c2)cc1C. The molecule has 0 bridgehead atoms. The Labute approximate surface area is 229 Å². The molecule has 3 aromatic carbocycles. The third-order valence-electron chi connectivity index (χ3n) is 6.56. The Kier molecular flexibility index (Phi) is 10.5. The molecule has 0 aliphatic carbocycles. The number of aliphatic hydroxyl groups is 1. The van der Waals surface area contributed by atoms with Gasteiger partial charge >= 0.3 is 5.97 Å². The van der Waals surface area contributed by atoms with Gasteiger partial charge in [0.05, 0.1) is 31.5 Å². The van der Waals surface area contributed by atoms with E-state index in [1.165, 1.54) is 18.9 Å². The number of methoxy groups -OCH3 is 1. The Balaban J connectivity index is 1.59. The molecule has 0 radical (unpaired) electrons. The molecule has 0 aliphatic rings. The predicted molar refractivity (Wildman–Crippen MR) is 152 cm³/mol. The molecule has 0 saturated heterocycles. The highest BCUT2D eigenvalue weighted by atomic mass is 32.2. The molecule has 0 unspecified atom stereocenters. The maximum absolute atomic E-state index is 14.2. The summed E-state index contributed by atoms with van der Waals surface area (Å²) in [4.78, 5) is 12.6. The minimum Gasteiger partial charge on any atom is -0.465 e. The molecule has 0 heterocycles. The van der Waals surface area contributed by atoms with E-state index in [0.717, 1.165) is 27.8 Å². The lowest BCUT2D eigenvalue weighted by molar-refractivity contribution is -0.00397. The minimum absolute atomic E-state index is 0.163. The van der Waals surface area contributed by atoms with E-state index >= 15 is 0 Å². The Morgan fingerprint density at radius 3 is 2.53 bits per heavy atom. The zero-order valence-electron chi connectivity index (χ0n) is 23.0. The van der Waals surface area contributed by atoms with Gasteiger partial charge in [0.15, 0.2) is 0 Å². The number of thioether (sulfide) groups is 1. The normalized spacial score (nSPS) is 13.3. The zero-order valence-corrected chi connectivity index (χ0v) is 23.8. The highest BCUT2D eigenvalue weighted by molar-refractivity contribution is 7.98. The molecule has 38 heavy (non-hydrogen) atoms. The van der Waals surface area contributed by atoms with Crippen LogP contribution in [0.25, 0.3) is 11.1 Å². The Bertz CT molecular complexity index is 1250. The summed E-state index contributed by atoms with van der Waals surface area (Å²) in [6, 6.07) is 19.0. The number of nitrogens with one attached hydrogen (secondary N) is 1. The number of rotatable bonds is 12. The van der Waals surface area contributed by atoms with E-state index in [9.17, 15) is 14.3 Å². The fourth-order valence-electron chi connectivity index (χ4n) is 4.48. The van der Waals surface area contributed by atoms with Crippen molar-refractivity contribution in [1.82, 2.24) is 5.32 Å². The average Bonchev–Trinajstić information content (AvgIpc) is 2.90. The highest BCUT2D eigenvalue weighted by Gasteiger charge is 2.21. The van der Waals surface area contributed by atoms with Crippen LogP contribution in [0.15, 0.2) is 65.6 Å². The lowest BCUT2D eigenvalue weighted by Gasteiger charge is -2.28. The van der Waals surface area contributed by atoms with E-state index in [-0.39, 0.29) is 30.0 Å². The van der Waals surface area contributed by atoms with Crippen molar-refractivity contribution in [3.05, 3.63) is 88.7 Å². The van der Waals surface area contributed by atoms with Crippen molar-refractivity contribution in [2.24, 2.45) is 0 Å². The predicted octanol–water partition coefficient (Wildman–Crippen LogP) is 6.36. The summed E-state index contributed by atoms with van der Waals surface area (Å²) >= 11 is 1.39. The summed E-state index contributed by atoms with van der Waals surface area (Å²) in [5.41, 5.74) is 4.93. The van der Waals surface area contributed by atoms with Gasteiger partial charge < -0.3 is 19.9 Å². The zero-order chi connectivity index (χ0) is 27.9. The first kappa shape index (κ1) is 29.8. The summed E-state index contributed by atoms with van der Waals surface area (Å²) in [5, 5.41) is 14.0. The Morgan fingerprint density at radius 1 is 1.13 bits per heavy atom. The van der Waals surface area contributed by atoms with Gasteiger partial charge in [-0.1, -0.05) is 42.5 Å². The molecular weight excluding hydrogens is 501 g/mol. The second-order valence-electron chi connectivity index (χ2n) is 10.1. The van der Waals surface area contributed by atoms with E-state index < -0.39 is 6.10 Å². The van der Waals surface area contributed by atoms with Gasteiger partial charge in [0.2, 0.25) is 0 Å². The first-order valence-corrected chi connectivity index (χ1v) is 13.9. The van der Waals surface area contributed by atoms with Crippen LogP contribution in [0.4, 0.5) is 4.39 Å². The van der Waals surface area contributed by atoms with E-state index in [2.05, 4.69) is 5.32 Å². The van der Waals surface area contributed by atoms with Gasteiger partial charge in [-0.25, -0.2) is 9.18 Å². The number of hydrogen-bond donors (Lipinski definition) is 2. The molecule has 2 atom stereocenters. The van der Waals surface area contributed by atoms with Gasteiger partial charge in [-0.05, 0) is 86.4 Å². The number of ether oxygens (including phenoxy) is 2. The first-order chi connectivity index (χ1) is 18.0. The van der Waals surface area contributed by atoms with Crippen molar-refractivity contribution in [1.29, 1.82) is 0 Å². The van der Waals surface area contributed by atoms with Crippen LogP contribution < -0.4 is 5.32 Å². The summed E-state index contributed by atoms with van der Waals surface area (Å²) in [7, 11) is 1.38. The van der Waals surface area contributed by atoms with Crippen LogP contribution in [0.5, 0.6) is 0 Å². The molecular formula is C31H38FNO4S. The summed E-state index contributed by atoms with van der Waals surface area (Å²) < 4.78 is 25.1. The van der Waals surface area contributed by atoms with Crippen molar-refractivity contribution in [3.8, 4) is 11.1 Å². The Hall–Kier alpha value is -2.71. The maximum Gasteiger partial charge on any atom is 0.338 e. The van der Waals surface area contributed by atoms with Gasteiger partial charge in [0.1, 0.15) is 5.82 Å². The fraction of sp³-hybridized carbons (Fsp3) is 0.387. The van der Waals surface area contributed by atoms with E-state index in [1.807, 2.05) is 82.5 Å². The molecule has 0 amide bonds. The lowest BCUT2D eigenvalue weighted by Crippen LogP contribution is -2.46. The second-order valence-corrected chi connectivity index (χ2v) is 11.0. The maximum atomic E-state index is 14.2. The molecule has 0 aromatic heterocycles. The monoisotopic (exact) mass is 539 g/mol. The third-order valence-corrected chi connectivity index (χ3v) is 7.33. The van der Waals surface area contributed by atoms with Crippen molar-refractivity contribution in [3.63, 3.8) is 0 Å². The van der Waals surface area contributed by atoms with Gasteiger partial charge in [-0.15, -0.1) is 11.8 Å². The van der Waals surface area contributed by atoms with Gasteiger partial charge in [-0.2, -0.15) is 0 Å². The van der Waals surface area contributed by atoms with Crippen molar-refractivity contribution in [2.45, 2.75) is 56.8 Å². The number of carbonyl (C=O) groups excluding carboxylic acids is 1. The Morgan fingerprint density at radius 2 is 1.87 bits per heavy atom. The number of hydrogen-bond acceptors (Lipinski definition) is 6. The smallest absolute Gasteiger partial charge is 0.338 e. The number of aliphatic hydroxyl groups excluding tert-OH is 1. The van der Waals surface area contributed by atoms with Crippen molar-refractivity contribution >= 4 is 17.7 Å². The molecule has 0 fully saturated rings. The largest absolute Gasteiger partial charge is 0.465 e. The van der Waals surface area contributed by atoms with Crippen LogP contribution in [0.3, 0.4) is 0 Å². The second kappa shape index (κ2) is 13.4. The molecule has 0 aliphatic heterocycles. The summed E-state index contributed by atoms with van der Waals surface area (Å²) in [6.07, 6.45) is 1.52. The number of β-amino-alcohol motifs (C(OH)–C–C–N with tert-alkyl or cyclic N) is 1. The first-order valence-electron chi connectivity index (χ1n) is 12.7. The van der Waals surface area contributed by atoms with Gasteiger partial charge in [0, 0.05) is 17.0 Å². The van der Waals surface area contributed by atoms with Crippen LogP contribution in [0, 0.1) is 12.7 Å². The highest BCUT2D eigenvalue weighted by Crippen LogP contribution is 2.31. The summed E-state index contributed by atoms with van der Waals surface area (Å²) in [5.74, 6) is -0.562. The molecule has 3 rings (SSSR count). The quantitative estimate of drug-likeness (QED) is 0.206. The van der Waals surface area contributed by atoms with Crippen LogP contribution >= 0.6 is 11.8 Å². The number of benzene rings is 3. The number of esters is 1. The molecule has 2 N–H and O–H groups in total. The van der Waals surface area contributed by atoms with Gasteiger partial charge in [0.25, 0.3) is 0 Å². The van der Waals surface area contributed by atoms with Crippen LogP contribution in [0.2, 0.25) is 0 Å². The average molecular weight is 540 g/mol. The standard InChI is InChI=1S/C31H38FNO4S/c1-20-15-23(12-13-25(20)30(35)36-5)27-10-8-7-9-26(27)21(2)37-19-24(34)18-33-31(3,4)17-22-11-14-29(38-6)28(32)16-22/h7-16,21,24,33-34H,17-19H2,1-6H3/t21-,24+/m1/s1. The third kappa shape index (κ3) is 7.90. The van der Waals surface area contributed by atoms with E-state index in [4.69, 9.17) is 9.47 Å². The van der Waals surface area contributed by atoms with E-state index in [0.29, 0.717) is 23.4 Å². The van der Waals surface area contributed by atoms with Crippen LogP contribution in [-0.4, -0.2) is 49.2 Å². The van der Waals surface area contributed by atoms with Crippen molar-refractivity contribution < 1.29 is 23.8 Å². The lowest BCUT2D eigenvalue weighted by atomic mass is 9.94. The summed E-state index contributed by atoms with van der Waals surface area (Å²) in [6.45, 7) is 8.43. The van der Waals surface area contributed by atoms with Crippen molar-refractivity contribution in [2.75, 3.05) is 26.5 Å². The molecule has 3 aromatic rings. The van der Waals surface area contributed by atoms with Gasteiger partial charge in [-0.3, -0.25) is 0 Å². The number of halogens is 1. The molecule has 7 heteroatoms. The molecule has 0 spiro atoms.